The molecule has 2 aromatic rings. The van der Waals surface area contributed by atoms with E-state index in [0.717, 1.165) is 33.0 Å². The van der Waals surface area contributed by atoms with Crippen LogP contribution in [0.25, 0.3) is 0 Å². The SMILES string of the molecule is Cc1ccc(N(CC(=O)NCCOc2cccc(C)c2C)S(C)(=O)=O)cc1. The monoisotopic (exact) mass is 390 g/mol. The van der Waals surface area contributed by atoms with Gasteiger partial charge in [-0.1, -0.05) is 29.8 Å². The van der Waals surface area contributed by atoms with E-state index >= 15 is 0 Å². The third kappa shape index (κ3) is 5.99. The van der Waals surface area contributed by atoms with Crippen LogP contribution in [0.5, 0.6) is 5.75 Å². The zero-order valence-corrected chi connectivity index (χ0v) is 17.0. The van der Waals surface area contributed by atoms with Crippen molar-refractivity contribution in [2.24, 2.45) is 0 Å². The van der Waals surface area contributed by atoms with Gasteiger partial charge in [0.25, 0.3) is 0 Å². The van der Waals surface area contributed by atoms with Gasteiger partial charge in [-0.2, -0.15) is 0 Å². The van der Waals surface area contributed by atoms with Gasteiger partial charge in [-0.3, -0.25) is 9.10 Å². The molecule has 0 saturated heterocycles. The van der Waals surface area contributed by atoms with E-state index in [2.05, 4.69) is 5.32 Å². The Morgan fingerprint density at radius 2 is 1.74 bits per heavy atom. The summed E-state index contributed by atoms with van der Waals surface area (Å²) in [5.41, 5.74) is 3.68. The van der Waals surface area contributed by atoms with Gasteiger partial charge in [0.2, 0.25) is 15.9 Å². The van der Waals surface area contributed by atoms with Gasteiger partial charge in [0.1, 0.15) is 18.9 Å². The van der Waals surface area contributed by atoms with Crippen molar-refractivity contribution < 1.29 is 17.9 Å². The molecule has 2 aromatic carbocycles. The van der Waals surface area contributed by atoms with E-state index in [1.165, 1.54) is 0 Å². The molecule has 0 saturated carbocycles. The number of sulfonamides is 1. The van der Waals surface area contributed by atoms with Gasteiger partial charge in [-0.05, 0) is 50.1 Å². The average molecular weight is 391 g/mol. The molecule has 0 aliphatic heterocycles. The largest absolute Gasteiger partial charge is 0.491 e. The minimum absolute atomic E-state index is 0.272. The zero-order valence-electron chi connectivity index (χ0n) is 16.2. The summed E-state index contributed by atoms with van der Waals surface area (Å²) in [7, 11) is -3.57. The number of aryl methyl sites for hydroxylation is 2. The van der Waals surface area contributed by atoms with Gasteiger partial charge in [0.05, 0.1) is 18.5 Å². The predicted molar refractivity (Wildman–Crippen MR) is 108 cm³/mol. The fourth-order valence-electron chi connectivity index (χ4n) is 2.53. The fraction of sp³-hybridized carbons (Fsp3) is 0.350. The first-order valence-electron chi connectivity index (χ1n) is 8.68. The highest BCUT2D eigenvalue weighted by molar-refractivity contribution is 7.92. The van der Waals surface area contributed by atoms with Crippen molar-refractivity contribution in [1.29, 1.82) is 0 Å². The van der Waals surface area contributed by atoms with Gasteiger partial charge in [0, 0.05) is 0 Å². The Morgan fingerprint density at radius 3 is 2.37 bits per heavy atom. The fourth-order valence-corrected chi connectivity index (χ4v) is 3.39. The van der Waals surface area contributed by atoms with Crippen LogP contribution in [-0.4, -0.2) is 40.3 Å². The summed E-state index contributed by atoms with van der Waals surface area (Å²) in [6, 6.07) is 12.8. The summed E-state index contributed by atoms with van der Waals surface area (Å²) in [5.74, 6) is 0.396. The molecule has 0 heterocycles. The third-order valence-corrected chi connectivity index (χ3v) is 5.39. The molecule has 1 N–H and O–H groups in total. The number of amides is 1. The highest BCUT2D eigenvalue weighted by atomic mass is 32.2. The summed E-state index contributed by atoms with van der Waals surface area (Å²) in [4.78, 5) is 12.2. The lowest BCUT2D eigenvalue weighted by molar-refractivity contribution is -0.119. The van der Waals surface area contributed by atoms with Crippen LogP contribution >= 0.6 is 0 Å². The van der Waals surface area contributed by atoms with Crippen LogP contribution < -0.4 is 14.4 Å². The maximum atomic E-state index is 12.2. The first-order valence-corrected chi connectivity index (χ1v) is 10.5. The number of nitrogens with zero attached hydrogens (tertiary/aromatic N) is 1. The topological polar surface area (TPSA) is 75.7 Å². The Labute approximate surface area is 161 Å². The Balaban J connectivity index is 1.90. The van der Waals surface area contributed by atoms with Crippen LogP contribution in [-0.2, 0) is 14.8 Å². The lowest BCUT2D eigenvalue weighted by Gasteiger charge is -2.22. The molecule has 0 spiro atoms. The zero-order chi connectivity index (χ0) is 20.0. The van der Waals surface area contributed by atoms with Gasteiger partial charge in [-0.25, -0.2) is 8.42 Å². The second kappa shape index (κ2) is 8.90. The Morgan fingerprint density at radius 1 is 1.07 bits per heavy atom. The predicted octanol–water partition coefficient (Wildman–Crippen LogP) is 2.57. The molecule has 0 aliphatic rings. The standard InChI is InChI=1S/C20H26N2O4S/c1-15-8-10-18(11-9-15)22(27(4,24)25)14-20(23)21-12-13-26-19-7-5-6-16(2)17(19)3/h5-11H,12-14H2,1-4H3,(H,21,23). The number of carbonyl (C=O) groups is 1. The molecule has 27 heavy (non-hydrogen) atoms. The minimum Gasteiger partial charge on any atom is -0.491 e. The molecule has 6 nitrogen and oxygen atoms in total. The number of nitrogens with one attached hydrogen (secondary N) is 1. The number of anilines is 1. The Hall–Kier alpha value is -2.54. The van der Waals surface area contributed by atoms with Crippen LogP contribution in [0.15, 0.2) is 42.5 Å². The van der Waals surface area contributed by atoms with E-state index < -0.39 is 10.0 Å². The number of benzene rings is 2. The van der Waals surface area contributed by atoms with E-state index in [-0.39, 0.29) is 19.0 Å². The number of ether oxygens (including phenoxy) is 1. The maximum Gasteiger partial charge on any atom is 0.240 e. The minimum atomic E-state index is -3.57. The normalized spacial score (nSPS) is 11.1. The summed E-state index contributed by atoms with van der Waals surface area (Å²) in [6.45, 7) is 6.23. The van der Waals surface area contributed by atoms with Crippen molar-refractivity contribution in [3.8, 4) is 5.75 Å². The van der Waals surface area contributed by atoms with Crippen molar-refractivity contribution in [3.05, 3.63) is 59.2 Å². The lowest BCUT2D eigenvalue weighted by atomic mass is 10.1. The van der Waals surface area contributed by atoms with Crippen LogP contribution in [0.4, 0.5) is 5.69 Å². The number of hydrogen-bond acceptors (Lipinski definition) is 4. The molecule has 0 atom stereocenters. The van der Waals surface area contributed by atoms with Crippen LogP contribution in [0.1, 0.15) is 16.7 Å². The summed E-state index contributed by atoms with van der Waals surface area (Å²) in [6.07, 6.45) is 1.09. The number of hydrogen-bond donors (Lipinski definition) is 1. The molecule has 2 rings (SSSR count). The molecule has 1 amide bonds. The number of rotatable bonds is 8. The lowest BCUT2D eigenvalue weighted by Crippen LogP contribution is -2.41. The second-order valence-corrected chi connectivity index (χ2v) is 8.41. The van der Waals surface area contributed by atoms with Crippen molar-refractivity contribution in [2.45, 2.75) is 20.8 Å². The second-order valence-electron chi connectivity index (χ2n) is 6.50. The molecule has 0 radical (unpaired) electrons. The van der Waals surface area contributed by atoms with Crippen molar-refractivity contribution in [3.63, 3.8) is 0 Å². The van der Waals surface area contributed by atoms with Crippen molar-refractivity contribution in [2.75, 3.05) is 30.3 Å². The van der Waals surface area contributed by atoms with Gasteiger partial charge in [-0.15, -0.1) is 0 Å². The highest BCUT2D eigenvalue weighted by Crippen LogP contribution is 2.20. The molecule has 0 aliphatic carbocycles. The van der Waals surface area contributed by atoms with Gasteiger partial charge in [0.15, 0.2) is 0 Å². The average Bonchev–Trinajstić information content (AvgIpc) is 2.60. The van der Waals surface area contributed by atoms with E-state index in [0.29, 0.717) is 12.3 Å². The van der Waals surface area contributed by atoms with Crippen LogP contribution in [0.3, 0.4) is 0 Å². The van der Waals surface area contributed by atoms with Gasteiger partial charge >= 0.3 is 0 Å². The molecule has 0 bridgehead atoms. The van der Waals surface area contributed by atoms with Crippen LogP contribution in [0, 0.1) is 20.8 Å². The summed E-state index contributed by atoms with van der Waals surface area (Å²) in [5, 5.41) is 2.70. The molecule has 7 heteroatoms. The maximum absolute atomic E-state index is 12.2. The first-order chi connectivity index (χ1) is 12.7. The molecule has 0 fully saturated rings. The summed E-state index contributed by atoms with van der Waals surface area (Å²) < 4.78 is 30.9. The van der Waals surface area contributed by atoms with E-state index in [4.69, 9.17) is 4.74 Å². The first kappa shape index (κ1) is 20.8. The molecule has 0 unspecified atom stereocenters. The van der Waals surface area contributed by atoms with E-state index in [1.807, 2.05) is 51.1 Å². The van der Waals surface area contributed by atoms with Crippen molar-refractivity contribution >= 4 is 21.6 Å². The Kier molecular flexibility index (Phi) is 6.85. The Bertz CT molecular complexity index is 893. The summed E-state index contributed by atoms with van der Waals surface area (Å²) >= 11 is 0. The van der Waals surface area contributed by atoms with Crippen LogP contribution in [0.2, 0.25) is 0 Å². The third-order valence-electron chi connectivity index (χ3n) is 4.25. The highest BCUT2D eigenvalue weighted by Gasteiger charge is 2.20. The smallest absolute Gasteiger partial charge is 0.240 e. The molecule has 146 valence electrons. The quantitative estimate of drug-likeness (QED) is 0.703. The molecule has 0 aromatic heterocycles. The van der Waals surface area contributed by atoms with Gasteiger partial charge < -0.3 is 10.1 Å². The molecular weight excluding hydrogens is 364 g/mol. The van der Waals surface area contributed by atoms with E-state index in [9.17, 15) is 13.2 Å². The molecular formula is C20H26N2O4S. The number of carbonyl (C=O) groups excluding carboxylic acids is 1. The van der Waals surface area contributed by atoms with Crippen molar-refractivity contribution in [1.82, 2.24) is 5.32 Å². The van der Waals surface area contributed by atoms with E-state index in [1.54, 1.807) is 12.1 Å².